The number of alkyl halides is 3. The molecule has 0 saturated carbocycles. The lowest BCUT2D eigenvalue weighted by Gasteiger charge is -2.08. The topological polar surface area (TPSA) is 140 Å². The van der Waals surface area contributed by atoms with E-state index in [1.54, 1.807) is 13.8 Å². The van der Waals surface area contributed by atoms with Crippen LogP contribution < -0.4 is 5.48 Å². The molecule has 0 radical (unpaired) electrons. The minimum Gasteiger partial charge on any atom is -0.312 e. The molecule has 11 nitrogen and oxygen atoms in total. The Balaban J connectivity index is 2.07. The number of nitrogens with zero attached hydrogens (tertiary/aromatic N) is 6. The number of rotatable bonds is 6. The van der Waals surface area contributed by atoms with Crippen molar-refractivity contribution in [3.8, 4) is 11.4 Å². The van der Waals surface area contributed by atoms with Crippen molar-refractivity contribution in [2.75, 3.05) is 12.4 Å². The Morgan fingerprint density at radius 2 is 1.91 bits per heavy atom. The van der Waals surface area contributed by atoms with Crippen molar-refractivity contribution in [1.29, 1.82) is 4.78 Å². The Morgan fingerprint density at radius 1 is 1.23 bits per heavy atom. The van der Waals surface area contributed by atoms with Crippen LogP contribution in [-0.4, -0.2) is 51.6 Å². The summed E-state index contributed by atoms with van der Waals surface area (Å²) in [4.78, 5) is 30.3. The standard InChI is InChI=1S/C20H21F3N8O3S/c1-5-34-29-18(32)14-10(3)8-25-16-13(19(28-31(14)16)35(24,33)6-2)17-27-12-7-11(20(21,22)23)9-26-15(12)30(17)4/h7-9,24H,5-6H2,1-4H3,(H,29,32). The van der Waals surface area contributed by atoms with E-state index in [2.05, 4.69) is 25.5 Å². The lowest BCUT2D eigenvalue weighted by atomic mass is 10.2. The van der Waals surface area contributed by atoms with Gasteiger partial charge in [-0.2, -0.15) is 18.3 Å². The molecule has 1 amide bonds. The molecule has 35 heavy (non-hydrogen) atoms. The van der Waals surface area contributed by atoms with E-state index in [1.807, 2.05) is 0 Å². The second-order valence-electron chi connectivity index (χ2n) is 7.59. The zero-order valence-electron chi connectivity index (χ0n) is 19.1. The fourth-order valence-corrected chi connectivity index (χ4v) is 4.53. The molecular formula is C20H21F3N8O3S. The van der Waals surface area contributed by atoms with Crippen molar-refractivity contribution in [3.63, 3.8) is 0 Å². The molecule has 0 aliphatic heterocycles. The fraction of sp³-hybridized carbons (Fsp3) is 0.350. The molecule has 1 unspecified atom stereocenters. The van der Waals surface area contributed by atoms with Gasteiger partial charge in [0.25, 0.3) is 5.91 Å². The van der Waals surface area contributed by atoms with E-state index in [0.717, 1.165) is 10.6 Å². The van der Waals surface area contributed by atoms with Crippen molar-refractivity contribution in [2.24, 2.45) is 7.05 Å². The first kappa shape index (κ1) is 24.5. The molecule has 4 heterocycles. The van der Waals surface area contributed by atoms with E-state index >= 15 is 0 Å². The first-order valence-electron chi connectivity index (χ1n) is 10.4. The van der Waals surface area contributed by atoms with Crippen LogP contribution in [0.15, 0.2) is 23.5 Å². The quantitative estimate of drug-likeness (QED) is 0.380. The van der Waals surface area contributed by atoms with E-state index in [0.29, 0.717) is 11.8 Å². The zero-order chi connectivity index (χ0) is 25.7. The van der Waals surface area contributed by atoms with Crippen LogP contribution in [0.4, 0.5) is 13.2 Å². The second kappa shape index (κ2) is 8.57. The van der Waals surface area contributed by atoms with Crippen molar-refractivity contribution in [2.45, 2.75) is 32.0 Å². The van der Waals surface area contributed by atoms with Gasteiger partial charge in [-0.1, -0.05) is 6.92 Å². The summed E-state index contributed by atoms with van der Waals surface area (Å²) >= 11 is 0. The molecule has 186 valence electrons. The number of halogens is 3. The summed E-state index contributed by atoms with van der Waals surface area (Å²) in [5.74, 6) is -0.700. The van der Waals surface area contributed by atoms with E-state index in [9.17, 15) is 22.2 Å². The first-order valence-corrected chi connectivity index (χ1v) is 12.1. The van der Waals surface area contributed by atoms with Gasteiger partial charge in [0.15, 0.2) is 16.3 Å². The molecule has 0 aromatic carbocycles. The van der Waals surface area contributed by atoms with Crippen LogP contribution in [-0.2, 0) is 27.8 Å². The number of aromatic nitrogens is 6. The fourth-order valence-electron chi connectivity index (χ4n) is 3.53. The van der Waals surface area contributed by atoms with Crippen LogP contribution >= 0.6 is 0 Å². The highest BCUT2D eigenvalue weighted by Crippen LogP contribution is 2.35. The Bertz CT molecular complexity index is 1570. The molecule has 0 aliphatic carbocycles. The molecule has 4 aromatic rings. The third-order valence-corrected chi connectivity index (χ3v) is 7.02. The summed E-state index contributed by atoms with van der Waals surface area (Å²) in [5.41, 5.74) is 1.93. The van der Waals surface area contributed by atoms with Gasteiger partial charge >= 0.3 is 6.18 Å². The number of nitrogens with one attached hydrogen (secondary N) is 2. The first-order chi connectivity index (χ1) is 16.4. The van der Waals surface area contributed by atoms with Crippen molar-refractivity contribution in [3.05, 3.63) is 35.3 Å². The molecule has 15 heteroatoms. The zero-order valence-corrected chi connectivity index (χ0v) is 19.9. The largest absolute Gasteiger partial charge is 0.417 e. The van der Waals surface area contributed by atoms with Crippen molar-refractivity contribution >= 4 is 32.4 Å². The van der Waals surface area contributed by atoms with Gasteiger partial charge in [-0.05, 0) is 25.5 Å². The predicted octanol–water partition coefficient (Wildman–Crippen LogP) is 3.11. The molecule has 1 atom stereocenters. The minimum absolute atomic E-state index is 0.0264. The Morgan fingerprint density at radius 3 is 2.54 bits per heavy atom. The summed E-state index contributed by atoms with van der Waals surface area (Å²) in [6.07, 6.45) is -2.53. The normalized spacial score (nSPS) is 13.9. The number of pyridine rings is 1. The summed E-state index contributed by atoms with van der Waals surface area (Å²) < 4.78 is 63.8. The smallest absolute Gasteiger partial charge is 0.312 e. The lowest BCUT2D eigenvalue weighted by molar-refractivity contribution is -0.137. The summed E-state index contributed by atoms with van der Waals surface area (Å²) in [7, 11) is -1.96. The molecule has 0 aliphatic rings. The number of carbonyl (C=O) groups excluding carboxylic acids is 1. The van der Waals surface area contributed by atoms with Crippen LogP contribution in [0.5, 0.6) is 0 Å². The maximum Gasteiger partial charge on any atom is 0.417 e. The molecule has 4 aromatic heterocycles. The van der Waals surface area contributed by atoms with E-state index in [-0.39, 0.29) is 51.3 Å². The maximum absolute atomic E-state index is 13.2. The Hall–Kier alpha value is -3.59. The molecule has 2 N–H and O–H groups in total. The molecule has 0 spiro atoms. The summed E-state index contributed by atoms with van der Waals surface area (Å²) in [6, 6.07) is 0.855. The molecule has 4 rings (SSSR count). The highest BCUT2D eigenvalue weighted by molar-refractivity contribution is 7.92. The summed E-state index contributed by atoms with van der Waals surface area (Å²) in [5, 5.41) is 4.11. The molecule has 0 fully saturated rings. The van der Waals surface area contributed by atoms with Gasteiger partial charge in [0.05, 0.1) is 27.5 Å². The van der Waals surface area contributed by atoms with E-state index < -0.39 is 27.4 Å². The highest BCUT2D eigenvalue weighted by atomic mass is 32.2. The Kier molecular flexibility index (Phi) is 6.00. The van der Waals surface area contributed by atoms with Crippen LogP contribution in [0.3, 0.4) is 0 Å². The van der Waals surface area contributed by atoms with E-state index in [1.165, 1.54) is 24.7 Å². The Labute approximate surface area is 197 Å². The number of imidazole rings is 1. The predicted molar refractivity (Wildman–Crippen MR) is 119 cm³/mol. The lowest BCUT2D eigenvalue weighted by Crippen LogP contribution is -2.27. The van der Waals surface area contributed by atoms with Gasteiger partial charge in [0.2, 0.25) is 0 Å². The minimum atomic E-state index is -4.62. The van der Waals surface area contributed by atoms with Gasteiger partial charge in [-0.3, -0.25) is 9.63 Å². The average molecular weight is 511 g/mol. The van der Waals surface area contributed by atoms with Gasteiger partial charge in [0, 0.05) is 25.2 Å². The monoisotopic (exact) mass is 510 g/mol. The third-order valence-electron chi connectivity index (χ3n) is 5.30. The van der Waals surface area contributed by atoms with Gasteiger partial charge in [-0.15, -0.1) is 0 Å². The second-order valence-corrected chi connectivity index (χ2v) is 9.91. The maximum atomic E-state index is 13.2. The van der Waals surface area contributed by atoms with Crippen LogP contribution in [0.1, 0.15) is 35.5 Å². The highest BCUT2D eigenvalue weighted by Gasteiger charge is 2.33. The molecular weight excluding hydrogens is 489 g/mol. The van der Waals surface area contributed by atoms with Crippen molar-refractivity contribution in [1.82, 2.24) is 34.6 Å². The number of fused-ring (bicyclic) bond motifs is 2. The summed E-state index contributed by atoms with van der Waals surface area (Å²) in [6.45, 7) is 5.04. The number of carbonyl (C=O) groups is 1. The number of hydroxylamine groups is 1. The number of aryl methyl sites for hydroxylation is 2. The van der Waals surface area contributed by atoms with Gasteiger partial charge in [-0.25, -0.2) is 33.9 Å². The van der Waals surface area contributed by atoms with Crippen molar-refractivity contribution < 1.29 is 27.0 Å². The van der Waals surface area contributed by atoms with Gasteiger partial charge in [0.1, 0.15) is 17.0 Å². The van der Waals surface area contributed by atoms with Gasteiger partial charge < -0.3 is 4.57 Å². The number of amides is 1. The van der Waals surface area contributed by atoms with Crippen LogP contribution in [0.25, 0.3) is 28.2 Å². The average Bonchev–Trinajstić information content (AvgIpc) is 3.34. The van der Waals surface area contributed by atoms with E-state index in [4.69, 9.17) is 9.62 Å². The molecule has 0 bridgehead atoms. The van der Waals surface area contributed by atoms with Crippen LogP contribution in [0.2, 0.25) is 0 Å². The molecule has 0 saturated heterocycles. The number of hydrogen-bond donors (Lipinski definition) is 2. The third kappa shape index (κ3) is 4.10. The number of hydrogen-bond acceptors (Lipinski definition) is 8. The van der Waals surface area contributed by atoms with Crippen LogP contribution in [0, 0.1) is 11.7 Å². The SMILES string of the molecule is CCONC(=O)c1c(C)cnc2c(-c3nc4cc(C(F)(F)F)cnc4n3C)c(S(=N)(=O)CC)nn12.